The molecule has 3 rings (SSSR count). The molecule has 19 heavy (non-hydrogen) atoms. The van der Waals surface area contributed by atoms with Gasteiger partial charge in [0.05, 0.1) is 11.6 Å². The van der Waals surface area contributed by atoms with E-state index in [2.05, 4.69) is 10.9 Å². The fourth-order valence-electron chi connectivity index (χ4n) is 3.18. The number of hydrogen-bond donors (Lipinski definition) is 3. The number of carbonyl (C=O) groups is 1. The second kappa shape index (κ2) is 5.12. The van der Waals surface area contributed by atoms with E-state index < -0.39 is 5.97 Å². The van der Waals surface area contributed by atoms with Crippen molar-refractivity contribution in [2.45, 2.75) is 36.7 Å². The molecule has 4 atom stereocenters. The summed E-state index contributed by atoms with van der Waals surface area (Å²) in [6.45, 7) is 0. The SMILES string of the molecule is O=C(O)c1ccc(C2NNC3CC(Cl)CCC32)cc1. The van der Waals surface area contributed by atoms with Crippen LogP contribution in [0.15, 0.2) is 24.3 Å². The van der Waals surface area contributed by atoms with Crippen molar-refractivity contribution < 1.29 is 9.90 Å². The molecule has 5 heteroatoms. The van der Waals surface area contributed by atoms with E-state index in [9.17, 15) is 4.79 Å². The molecule has 1 aromatic rings. The largest absolute Gasteiger partial charge is 0.478 e. The molecule has 1 saturated heterocycles. The van der Waals surface area contributed by atoms with Gasteiger partial charge in [-0.3, -0.25) is 5.43 Å². The highest BCUT2D eigenvalue weighted by Gasteiger charge is 2.40. The molecule has 1 aliphatic heterocycles. The van der Waals surface area contributed by atoms with Crippen molar-refractivity contribution in [2.75, 3.05) is 0 Å². The third kappa shape index (κ3) is 2.48. The Morgan fingerprint density at radius 2 is 1.95 bits per heavy atom. The van der Waals surface area contributed by atoms with Crippen molar-refractivity contribution in [3.05, 3.63) is 35.4 Å². The average Bonchev–Trinajstić information content (AvgIpc) is 2.81. The van der Waals surface area contributed by atoms with E-state index >= 15 is 0 Å². The van der Waals surface area contributed by atoms with Crippen LogP contribution in [-0.4, -0.2) is 22.5 Å². The fourth-order valence-corrected chi connectivity index (χ4v) is 3.49. The van der Waals surface area contributed by atoms with Gasteiger partial charge in [0.15, 0.2) is 0 Å². The van der Waals surface area contributed by atoms with Crippen LogP contribution >= 0.6 is 11.6 Å². The van der Waals surface area contributed by atoms with Crippen LogP contribution < -0.4 is 10.9 Å². The molecule has 0 amide bonds. The summed E-state index contributed by atoms with van der Waals surface area (Å²) in [6, 6.07) is 7.80. The highest BCUT2D eigenvalue weighted by Crippen LogP contribution is 2.39. The van der Waals surface area contributed by atoms with Crippen molar-refractivity contribution in [3.63, 3.8) is 0 Å². The van der Waals surface area contributed by atoms with Crippen molar-refractivity contribution >= 4 is 17.6 Å². The number of rotatable bonds is 2. The summed E-state index contributed by atoms with van der Waals surface area (Å²) in [4.78, 5) is 10.9. The maximum Gasteiger partial charge on any atom is 0.335 e. The summed E-state index contributed by atoms with van der Waals surface area (Å²) >= 11 is 6.20. The topological polar surface area (TPSA) is 61.4 Å². The van der Waals surface area contributed by atoms with Crippen LogP contribution in [0.3, 0.4) is 0 Å². The Bertz CT molecular complexity index is 477. The minimum atomic E-state index is -0.885. The van der Waals surface area contributed by atoms with E-state index in [4.69, 9.17) is 16.7 Å². The van der Waals surface area contributed by atoms with Crippen molar-refractivity contribution in [3.8, 4) is 0 Å². The van der Waals surface area contributed by atoms with E-state index in [0.717, 1.165) is 24.8 Å². The van der Waals surface area contributed by atoms with Gasteiger partial charge >= 0.3 is 5.97 Å². The average molecular weight is 281 g/mol. The van der Waals surface area contributed by atoms with E-state index in [1.807, 2.05) is 12.1 Å². The highest BCUT2D eigenvalue weighted by molar-refractivity contribution is 6.20. The Hall–Kier alpha value is -1.10. The van der Waals surface area contributed by atoms with Crippen LogP contribution in [0, 0.1) is 5.92 Å². The summed E-state index contributed by atoms with van der Waals surface area (Å²) in [5.41, 5.74) is 8.12. The van der Waals surface area contributed by atoms with Gasteiger partial charge in [0.25, 0.3) is 0 Å². The molecule has 1 saturated carbocycles. The first-order valence-electron chi connectivity index (χ1n) is 6.63. The number of alkyl halides is 1. The zero-order chi connectivity index (χ0) is 13.4. The third-order valence-electron chi connectivity index (χ3n) is 4.21. The van der Waals surface area contributed by atoms with Gasteiger partial charge in [-0.1, -0.05) is 12.1 Å². The standard InChI is InChI=1S/C14H17ClN2O2/c15-10-5-6-11-12(7-10)16-17-13(11)8-1-3-9(4-2-8)14(18)19/h1-4,10-13,16-17H,5-7H2,(H,18,19). The molecule has 102 valence electrons. The Morgan fingerprint density at radius 1 is 1.21 bits per heavy atom. The number of halogens is 1. The molecule has 2 fully saturated rings. The monoisotopic (exact) mass is 280 g/mol. The molecule has 1 aromatic carbocycles. The summed E-state index contributed by atoms with van der Waals surface area (Å²) in [6.07, 6.45) is 3.14. The summed E-state index contributed by atoms with van der Waals surface area (Å²) in [5.74, 6) is -0.352. The van der Waals surface area contributed by atoms with Gasteiger partial charge in [-0.25, -0.2) is 10.2 Å². The normalized spacial score (nSPS) is 33.9. The van der Waals surface area contributed by atoms with Crippen LogP contribution in [-0.2, 0) is 0 Å². The number of hydrazine groups is 1. The van der Waals surface area contributed by atoms with Crippen molar-refractivity contribution in [1.29, 1.82) is 0 Å². The summed E-state index contributed by atoms with van der Waals surface area (Å²) in [7, 11) is 0. The Kier molecular flexibility index (Phi) is 3.48. The lowest BCUT2D eigenvalue weighted by Gasteiger charge is -2.30. The molecule has 3 N–H and O–H groups in total. The number of fused-ring (bicyclic) bond motifs is 1. The minimum Gasteiger partial charge on any atom is -0.478 e. The van der Waals surface area contributed by atoms with Gasteiger partial charge in [-0.15, -0.1) is 11.6 Å². The van der Waals surface area contributed by atoms with Crippen molar-refractivity contribution in [2.24, 2.45) is 5.92 Å². The molecule has 0 bridgehead atoms. The molecule has 2 aliphatic rings. The second-order valence-electron chi connectivity index (χ2n) is 5.37. The quantitative estimate of drug-likeness (QED) is 0.728. The molecule has 4 nitrogen and oxygen atoms in total. The molecule has 1 aliphatic carbocycles. The number of nitrogens with one attached hydrogen (secondary N) is 2. The third-order valence-corrected chi connectivity index (χ3v) is 4.61. The van der Waals surface area contributed by atoms with Gasteiger partial charge < -0.3 is 5.11 Å². The first kappa shape index (κ1) is 12.9. The molecule has 0 aromatic heterocycles. The smallest absolute Gasteiger partial charge is 0.335 e. The number of aromatic carboxylic acids is 1. The molecular weight excluding hydrogens is 264 g/mol. The molecule has 0 radical (unpaired) electrons. The maximum absolute atomic E-state index is 10.9. The first-order valence-corrected chi connectivity index (χ1v) is 7.07. The predicted molar refractivity (Wildman–Crippen MR) is 73.2 cm³/mol. The van der Waals surface area contributed by atoms with Crippen LogP contribution in [0.2, 0.25) is 0 Å². The van der Waals surface area contributed by atoms with E-state index in [0.29, 0.717) is 17.5 Å². The molecule has 0 spiro atoms. The zero-order valence-electron chi connectivity index (χ0n) is 10.5. The van der Waals surface area contributed by atoms with E-state index in [-0.39, 0.29) is 11.4 Å². The highest BCUT2D eigenvalue weighted by atomic mass is 35.5. The van der Waals surface area contributed by atoms with Gasteiger partial charge in [0, 0.05) is 11.4 Å². The predicted octanol–water partition coefficient (Wildman–Crippen LogP) is 2.31. The van der Waals surface area contributed by atoms with Gasteiger partial charge in [0.2, 0.25) is 0 Å². The van der Waals surface area contributed by atoms with Gasteiger partial charge in [-0.2, -0.15) is 0 Å². The molecule has 4 unspecified atom stereocenters. The van der Waals surface area contributed by atoms with Crippen molar-refractivity contribution in [1.82, 2.24) is 10.9 Å². The van der Waals surface area contributed by atoms with Crippen LogP contribution in [0.4, 0.5) is 0 Å². The lowest BCUT2D eigenvalue weighted by Crippen LogP contribution is -2.36. The van der Waals surface area contributed by atoms with Crippen LogP contribution in [0.1, 0.15) is 41.2 Å². The Morgan fingerprint density at radius 3 is 2.63 bits per heavy atom. The van der Waals surface area contributed by atoms with Gasteiger partial charge in [0.1, 0.15) is 0 Å². The van der Waals surface area contributed by atoms with Crippen LogP contribution in [0.25, 0.3) is 0 Å². The second-order valence-corrected chi connectivity index (χ2v) is 5.99. The Labute approximate surface area is 117 Å². The van der Waals surface area contributed by atoms with Gasteiger partial charge in [-0.05, 0) is 42.9 Å². The summed E-state index contributed by atoms with van der Waals surface area (Å²) in [5, 5.41) is 9.18. The zero-order valence-corrected chi connectivity index (χ0v) is 11.2. The lowest BCUT2D eigenvalue weighted by molar-refractivity contribution is 0.0697. The lowest BCUT2D eigenvalue weighted by atomic mass is 9.79. The van der Waals surface area contributed by atoms with E-state index in [1.165, 1.54) is 0 Å². The molecule has 1 heterocycles. The minimum absolute atomic E-state index is 0.247. The molecular formula is C14H17ClN2O2. The Balaban J connectivity index is 1.77. The number of carboxylic acid groups (broad SMARTS) is 1. The first-order chi connectivity index (χ1) is 9.15. The maximum atomic E-state index is 10.9. The van der Waals surface area contributed by atoms with E-state index in [1.54, 1.807) is 12.1 Å². The van der Waals surface area contributed by atoms with Crippen LogP contribution in [0.5, 0.6) is 0 Å². The summed E-state index contributed by atoms with van der Waals surface area (Å²) < 4.78 is 0. The number of benzene rings is 1. The number of hydrogen-bond acceptors (Lipinski definition) is 3. The number of carboxylic acids is 1. The fraction of sp³-hybridized carbons (Fsp3) is 0.500.